The molecule has 3 aromatic carbocycles. The Kier molecular flexibility index (Phi) is 23.0. The van der Waals surface area contributed by atoms with Gasteiger partial charge in [0.25, 0.3) is 0 Å². The lowest BCUT2D eigenvalue weighted by atomic mass is 9.90. The third kappa shape index (κ3) is 17.6. The van der Waals surface area contributed by atoms with Gasteiger partial charge in [-0.25, -0.2) is 4.98 Å². The molecule has 0 bridgehead atoms. The minimum atomic E-state index is -1.69. The predicted molar refractivity (Wildman–Crippen MR) is 327 cm³/mol. The van der Waals surface area contributed by atoms with Gasteiger partial charge in [0.15, 0.2) is 11.7 Å². The Bertz CT molecular complexity index is 3280. The van der Waals surface area contributed by atoms with E-state index in [2.05, 4.69) is 51.8 Å². The highest BCUT2D eigenvalue weighted by atomic mass is 16.2. The molecule has 25 heteroatoms. The normalized spacial score (nSPS) is 24.1. The molecule has 25 nitrogen and oxygen atoms in total. The van der Waals surface area contributed by atoms with Crippen LogP contribution in [0.25, 0.3) is 10.9 Å². The van der Waals surface area contributed by atoms with Crippen LogP contribution in [0.3, 0.4) is 0 Å². The van der Waals surface area contributed by atoms with Crippen LogP contribution in [-0.4, -0.2) is 158 Å². The number of rotatable bonds is 18. The Morgan fingerprint density at radius 1 is 0.568 bits per heavy atom. The number of imidazole rings is 1. The number of benzene rings is 3. The summed E-state index contributed by atoms with van der Waals surface area (Å²) < 4.78 is 0. The zero-order valence-corrected chi connectivity index (χ0v) is 49.5. The van der Waals surface area contributed by atoms with Crippen LogP contribution in [0.1, 0.15) is 106 Å². The summed E-state index contributed by atoms with van der Waals surface area (Å²) in [5.74, 6) is -8.78. The van der Waals surface area contributed by atoms with Gasteiger partial charge in [0, 0.05) is 80.2 Å². The number of carbonyl (C=O) groups is 10. The predicted octanol–water partition coefficient (Wildman–Crippen LogP) is 1.15. The largest absolute Gasteiger partial charge is 0.370 e. The number of nitrogens with one attached hydrogen (secondary N) is 8. The molecule has 88 heavy (non-hydrogen) atoms. The molecule has 0 aliphatic carbocycles. The van der Waals surface area contributed by atoms with Crippen molar-refractivity contribution in [3.8, 4) is 0 Å². The highest BCUT2D eigenvalue weighted by Crippen LogP contribution is 2.28. The maximum atomic E-state index is 15.1. The number of amides is 9. The number of nitrogens with two attached hydrogens (primary N) is 3. The number of nitrogens with zero attached hydrogens (tertiary/aromatic N) is 4. The zero-order valence-electron chi connectivity index (χ0n) is 49.5. The molecule has 468 valence electrons. The quantitative estimate of drug-likeness (QED) is 0.0334. The summed E-state index contributed by atoms with van der Waals surface area (Å²) in [4.78, 5) is 164. The first-order valence-electron chi connectivity index (χ1n) is 30.4. The van der Waals surface area contributed by atoms with Crippen molar-refractivity contribution in [1.29, 1.82) is 0 Å². The van der Waals surface area contributed by atoms with E-state index in [4.69, 9.17) is 17.2 Å². The number of para-hydroxylation sites is 1. The van der Waals surface area contributed by atoms with Crippen LogP contribution in [-0.2, 0) is 73.6 Å². The minimum absolute atomic E-state index is 0.00149. The average molecular weight is 1210 g/mol. The standard InChI is InChI=1S/C63H81N15O10/c1-2-3-6-23-45-56(82)76-50(30-39-18-9-5-10-19-39)61(87)78-28-15-25-52(78)62(88)77-27-14-24-51(77)60(86)75-48(33-42-36-67-37-70-42)58(84)72-46(29-38-16-7-4-8-17-38)53(79)32-40(20-13-26-68-63(65)66)55(81)73-47(31-41-35-69-44-22-12-11-21-43(41)44)57(83)74-49(34-54(64)80)59(85)71-45/h4-5,7-12,16-19,21-22,35-37,40,45-52,69H,2-3,6,13-15,20,23-34H2,1H3,(H2,64,80)(H,67,70)(H,71,85)(H,72,84)(H,73,81)(H,74,83)(H,75,86)(H,76,82)(H4,65,66,68)/t40-,45+,46-,47+,48+,49+,50+,51+,52-/m1/s1. The Balaban J connectivity index is 1.21. The van der Waals surface area contributed by atoms with Crippen molar-refractivity contribution in [3.05, 3.63) is 126 Å². The lowest BCUT2D eigenvalue weighted by Gasteiger charge is -2.34. The van der Waals surface area contributed by atoms with E-state index in [9.17, 15) is 33.6 Å². The molecule has 0 radical (unpaired) electrons. The molecule has 5 aromatic rings. The summed E-state index contributed by atoms with van der Waals surface area (Å²) in [5, 5.41) is 17.6. The van der Waals surface area contributed by atoms with Crippen LogP contribution < -0.4 is 49.1 Å². The number of guanidine groups is 1. The molecule has 3 fully saturated rings. The molecule has 3 saturated heterocycles. The first-order chi connectivity index (χ1) is 42.5. The Morgan fingerprint density at radius 2 is 1.14 bits per heavy atom. The number of H-pyrrole nitrogens is 2. The second-order valence-electron chi connectivity index (χ2n) is 23.0. The van der Waals surface area contributed by atoms with Crippen LogP contribution in [0.5, 0.6) is 0 Å². The second-order valence-corrected chi connectivity index (χ2v) is 23.0. The lowest BCUT2D eigenvalue weighted by molar-refractivity contribution is -0.148. The van der Waals surface area contributed by atoms with E-state index in [0.29, 0.717) is 53.5 Å². The van der Waals surface area contributed by atoms with Crippen LogP contribution in [0.2, 0.25) is 0 Å². The van der Waals surface area contributed by atoms with E-state index in [1.54, 1.807) is 72.9 Å². The number of hydrogen-bond acceptors (Lipinski definition) is 12. The Hall–Kier alpha value is -9.42. The number of carbonyl (C=O) groups excluding carboxylic acids is 10. The summed E-state index contributed by atoms with van der Waals surface area (Å²) in [6.07, 6.45) is 6.51. The molecule has 0 unspecified atom stereocenters. The number of fused-ring (bicyclic) bond motifs is 3. The van der Waals surface area contributed by atoms with E-state index in [1.165, 1.54) is 22.3 Å². The van der Waals surface area contributed by atoms with Gasteiger partial charge in [0.05, 0.1) is 18.8 Å². The minimum Gasteiger partial charge on any atom is -0.370 e. The number of Topliss-reactive ketones (excluding diaryl/α,β-unsaturated/α-hetero) is 1. The van der Waals surface area contributed by atoms with Crippen molar-refractivity contribution < 1.29 is 47.9 Å². The highest BCUT2D eigenvalue weighted by molar-refractivity contribution is 6.00. The van der Waals surface area contributed by atoms with Crippen molar-refractivity contribution in [1.82, 2.24) is 56.7 Å². The van der Waals surface area contributed by atoms with Crippen LogP contribution in [0, 0.1) is 5.92 Å². The topological polar surface area (TPSA) is 384 Å². The molecular formula is C63H81N15O10. The SMILES string of the molecule is CCCCC[C@@H]1NC(=O)[C@H](CC(N)=O)NC(=O)[C@H](Cc2c[nH]c3ccccc23)NC(=O)[C@H](CCCN=C(N)N)CC(=O)[C@@H](Cc2ccccc2)NC(=O)[C@H](Cc2cnc[nH]2)NC(=O)[C@@H]2CCCN2C(=O)[C@H]2CCCN2C(=O)[C@H](Cc2ccccc2)NC1=O. The molecule has 0 spiro atoms. The Labute approximate surface area is 510 Å². The van der Waals surface area contributed by atoms with Gasteiger partial charge in [-0.05, 0) is 74.1 Å². The monoisotopic (exact) mass is 1210 g/mol. The number of ketones is 1. The fraction of sp³-hybridized carbons (Fsp3) is 0.460. The van der Waals surface area contributed by atoms with Crippen LogP contribution in [0.4, 0.5) is 0 Å². The molecule has 9 amide bonds. The zero-order chi connectivity index (χ0) is 62.7. The first kappa shape index (κ1) is 64.6. The van der Waals surface area contributed by atoms with Crippen molar-refractivity contribution in [2.24, 2.45) is 28.1 Å². The van der Waals surface area contributed by atoms with E-state index in [0.717, 1.165) is 11.9 Å². The summed E-state index contributed by atoms with van der Waals surface area (Å²) in [7, 11) is 0. The van der Waals surface area contributed by atoms with E-state index < -0.39 is 126 Å². The molecule has 2 aromatic heterocycles. The van der Waals surface area contributed by atoms with Crippen molar-refractivity contribution >= 4 is 75.8 Å². The van der Waals surface area contributed by atoms with Crippen molar-refractivity contribution in [2.75, 3.05) is 19.6 Å². The summed E-state index contributed by atoms with van der Waals surface area (Å²) >= 11 is 0. The highest BCUT2D eigenvalue weighted by Gasteiger charge is 2.45. The average Bonchev–Trinajstić information content (AvgIpc) is 4.24. The summed E-state index contributed by atoms with van der Waals surface area (Å²) in [5.41, 5.74) is 20.2. The Morgan fingerprint density at radius 3 is 1.80 bits per heavy atom. The van der Waals surface area contributed by atoms with Crippen molar-refractivity contribution in [2.45, 2.75) is 158 Å². The fourth-order valence-electron chi connectivity index (χ4n) is 11.9. The second kappa shape index (κ2) is 31.3. The molecule has 3 aliphatic heterocycles. The molecule has 9 atom stereocenters. The van der Waals surface area contributed by atoms with E-state index in [-0.39, 0.29) is 83.4 Å². The number of aromatic nitrogens is 3. The maximum Gasteiger partial charge on any atom is 0.246 e. The van der Waals surface area contributed by atoms with E-state index in [1.807, 2.05) is 25.1 Å². The van der Waals surface area contributed by atoms with Gasteiger partial charge < -0.3 is 68.9 Å². The molecule has 14 N–H and O–H groups in total. The molecular weight excluding hydrogens is 1130 g/mol. The number of hydrogen-bond donors (Lipinski definition) is 11. The smallest absolute Gasteiger partial charge is 0.246 e. The number of unbranched alkanes of at least 4 members (excludes halogenated alkanes) is 2. The maximum absolute atomic E-state index is 15.1. The summed E-state index contributed by atoms with van der Waals surface area (Å²) in [6, 6.07) is 14.6. The number of aliphatic imine (C=N–C) groups is 1. The number of primary amides is 1. The number of aromatic amines is 2. The first-order valence-corrected chi connectivity index (χ1v) is 30.4. The van der Waals surface area contributed by atoms with Gasteiger partial charge >= 0.3 is 0 Å². The molecule has 5 heterocycles. The van der Waals surface area contributed by atoms with Gasteiger partial charge in [-0.2, -0.15) is 0 Å². The van der Waals surface area contributed by atoms with Crippen LogP contribution in [0.15, 0.2) is 109 Å². The van der Waals surface area contributed by atoms with Crippen LogP contribution >= 0.6 is 0 Å². The van der Waals surface area contributed by atoms with Gasteiger partial charge in [-0.15, -0.1) is 0 Å². The van der Waals surface area contributed by atoms with Gasteiger partial charge in [-0.1, -0.05) is 105 Å². The van der Waals surface area contributed by atoms with E-state index >= 15 is 14.4 Å². The van der Waals surface area contributed by atoms with Crippen molar-refractivity contribution in [3.63, 3.8) is 0 Å². The summed E-state index contributed by atoms with van der Waals surface area (Å²) in [6.45, 7) is 2.35. The van der Waals surface area contributed by atoms with Gasteiger partial charge in [0.2, 0.25) is 53.2 Å². The third-order valence-electron chi connectivity index (χ3n) is 16.5. The molecule has 8 rings (SSSR count). The molecule has 3 aliphatic rings. The lowest BCUT2D eigenvalue weighted by Crippen LogP contribution is -2.60. The third-order valence-corrected chi connectivity index (χ3v) is 16.5. The molecule has 0 saturated carbocycles. The van der Waals surface area contributed by atoms with Gasteiger partial charge in [-0.3, -0.25) is 52.9 Å². The van der Waals surface area contributed by atoms with Gasteiger partial charge in [0.1, 0.15) is 42.3 Å². The fourth-order valence-corrected chi connectivity index (χ4v) is 11.9.